The van der Waals surface area contributed by atoms with Crippen LogP contribution in [0.3, 0.4) is 0 Å². The quantitative estimate of drug-likeness (QED) is 0.426. The number of aromatic nitrogens is 2. The number of fused-ring (bicyclic) bond motifs is 3. The number of nitrogens with one attached hydrogen (secondary N) is 1. The third-order valence-electron chi connectivity index (χ3n) is 3.58. The minimum Gasteiger partial charge on any atom is -0.298 e. The van der Waals surface area contributed by atoms with E-state index in [9.17, 15) is 14.9 Å². The fourth-order valence-corrected chi connectivity index (χ4v) is 4.30. The highest BCUT2D eigenvalue weighted by Gasteiger charge is 2.14. The molecule has 2 heterocycles. The highest BCUT2D eigenvalue weighted by Crippen LogP contribution is 2.34. The van der Waals surface area contributed by atoms with Gasteiger partial charge in [-0.3, -0.25) is 20.2 Å². The summed E-state index contributed by atoms with van der Waals surface area (Å²) < 4.78 is 2.02. The number of aryl methyl sites for hydroxylation is 1. The molecule has 0 aliphatic rings. The number of hydrogen-bond acceptors (Lipinski definition) is 7. The van der Waals surface area contributed by atoms with Crippen molar-refractivity contribution in [3.8, 4) is 0 Å². The Kier molecular flexibility index (Phi) is 3.66. The number of nitro benzene ring substituents is 1. The molecule has 0 saturated carbocycles. The molecule has 0 aliphatic heterocycles. The van der Waals surface area contributed by atoms with E-state index in [1.54, 1.807) is 11.3 Å². The first-order valence-electron chi connectivity index (χ1n) is 7.24. The van der Waals surface area contributed by atoms with Gasteiger partial charge >= 0.3 is 0 Å². The maximum Gasteiger partial charge on any atom is 0.269 e. The number of thiazole rings is 2. The van der Waals surface area contributed by atoms with Gasteiger partial charge in [-0.25, -0.2) is 9.97 Å². The Labute approximate surface area is 149 Å². The zero-order valence-corrected chi connectivity index (χ0v) is 14.5. The molecular formula is C16H10N4O3S2. The Hall–Kier alpha value is -2.91. The van der Waals surface area contributed by atoms with Crippen LogP contribution in [-0.2, 0) is 0 Å². The third-order valence-corrected chi connectivity index (χ3v) is 5.51. The summed E-state index contributed by atoms with van der Waals surface area (Å²) in [6.45, 7) is 1.95. The first-order valence-corrected chi connectivity index (χ1v) is 8.87. The standard InChI is InChI=1S/C16H10N4O3S2/c1-8-17-13-12(24-8)7-6-11-14(13)25-16(18-11)19-15(21)9-2-4-10(5-3-9)20(22)23/h2-7H,1H3,(H,18,19,21). The van der Waals surface area contributed by atoms with Crippen LogP contribution in [0.15, 0.2) is 36.4 Å². The summed E-state index contributed by atoms with van der Waals surface area (Å²) in [5.74, 6) is -0.361. The molecule has 0 unspecified atom stereocenters. The monoisotopic (exact) mass is 370 g/mol. The number of nitro groups is 1. The van der Waals surface area contributed by atoms with E-state index in [1.165, 1.54) is 35.6 Å². The second-order valence-electron chi connectivity index (χ2n) is 5.27. The van der Waals surface area contributed by atoms with E-state index in [-0.39, 0.29) is 11.6 Å². The Morgan fingerprint density at radius 3 is 2.60 bits per heavy atom. The summed E-state index contributed by atoms with van der Waals surface area (Å²) in [5, 5.41) is 14.9. The molecule has 2 aromatic carbocycles. The van der Waals surface area contributed by atoms with Crippen LogP contribution in [0.5, 0.6) is 0 Å². The fourth-order valence-electron chi connectivity index (χ4n) is 2.44. The second-order valence-corrected chi connectivity index (χ2v) is 7.50. The van der Waals surface area contributed by atoms with Crippen molar-refractivity contribution in [1.29, 1.82) is 0 Å². The van der Waals surface area contributed by atoms with E-state index in [0.717, 1.165) is 25.4 Å². The number of carbonyl (C=O) groups excluding carboxylic acids is 1. The van der Waals surface area contributed by atoms with E-state index in [4.69, 9.17) is 0 Å². The number of anilines is 1. The van der Waals surface area contributed by atoms with Crippen LogP contribution in [0.1, 0.15) is 15.4 Å². The molecule has 0 saturated heterocycles. The number of nitrogens with zero attached hydrogens (tertiary/aromatic N) is 3. The molecule has 0 radical (unpaired) electrons. The van der Waals surface area contributed by atoms with Crippen molar-refractivity contribution in [2.75, 3.05) is 5.32 Å². The molecule has 9 heteroatoms. The molecular weight excluding hydrogens is 360 g/mol. The predicted octanol–water partition coefficient (Wildman–Crippen LogP) is 4.37. The average Bonchev–Trinajstić information content (AvgIpc) is 3.16. The van der Waals surface area contributed by atoms with Gasteiger partial charge in [-0.1, -0.05) is 11.3 Å². The lowest BCUT2D eigenvalue weighted by Gasteiger charge is -2.00. The van der Waals surface area contributed by atoms with Gasteiger partial charge in [0.15, 0.2) is 5.13 Å². The summed E-state index contributed by atoms with van der Waals surface area (Å²) >= 11 is 2.98. The SMILES string of the molecule is Cc1nc2c(ccc3nc(NC(=O)c4ccc([N+](=O)[O-])cc4)sc32)s1. The first-order chi connectivity index (χ1) is 12.0. The predicted molar refractivity (Wildman–Crippen MR) is 98.6 cm³/mol. The van der Waals surface area contributed by atoms with Crippen molar-refractivity contribution in [2.45, 2.75) is 6.92 Å². The minimum atomic E-state index is -0.504. The molecule has 25 heavy (non-hydrogen) atoms. The molecule has 0 aliphatic carbocycles. The Morgan fingerprint density at radius 2 is 1.88 bits per heavy atom. The lowest BCUT2D eigenvalue weighted by molar-refractivity contribution is -0.384. The van der Waals surface area contributed by atoms with Gasteiger partial charge in [0.1, 0.15) is 5.52 Å². The lowest BCUT2D eigenvalue weighted by atomic mass is 10.2. The molecule has 4 rings (SSSR count). The van der Waals surface area contributed by atoms with Gasteiger partial charge in [0.05, 0.1) is 24.8 Å². The van der Waals surface area contributed by atoms with Gasteiger partial charge in [-0.15, -0.1) is 11.3 Å². The average molecular weight is 370 g/mol. The van der Waals surface area contributed by atoms with Crippen LogP contribution < -0.4 is 5.32 Å². The van der Waals surface area contributed by atoms with Gasteiger partial charge in [-0.2, -0.15) is 0 Å². The van der Waals surface area contributed by atoms with E-state index in [1.807, 2.05) is 19.1 Å². The Bertz CT molecular complexity index is 1130. The Balaban J connectivity index is 1.64. The van der Waals surface area contributed by atoms with E-state index in [2.05, 4.69) is 15.3 Å². The number of carbonyl (C=O) groups is 1. The van der Waals surface area contributed by atoms with Gasteiger partial charge in [-0.05, 0) is 31.2 Å². The molecule has 0 bridgehead atoms. The summed E-state index contributed by atoms with van der Waals surface area (Å²) in [4.78, 5) is 31.4. The van der Waals surface area contributed by atoms with Gasteiger partial charge in [0.25, 0.3) is 11.6 Å². The number of benzene rings is 2. The smallest absolute Gasteiger partial charge is 0.269 e. The summed E-state index contributed by atoms with van der Waals surface area (Å²) in [5.41, 5.74) is 1.95. The van der Waals surface area contributed by atoms with Crippen molar-refractivity contribution >= 4 is 59.8 Å². The molecule has 1 N–H and O–H groups in total. The van der Waals surface area contributed by atoms with Crippen LogP contribution in [-0.4, -0.2) is 20.8 Å². The molecule has 2 aromatic heterocycles. The number of non-ortho nitro benzene ring substituents is 1. The summed E-state index contributed by atoms with van der Waals surface area (Å²) in [7, 11) is 0. The van der Waals surface area contributed by atoms with Crippen LogP contribution >= 0.6 is 22.7 Å². The van der Waals surface area contributed by atoms with E-state index >= 15 is 0 Å². The first kappa shape index (κ1) is 15.6. The Morgan fingerprint density at radius 1 is 1.12 bits per heavy atom. The molecule has 4 aromatic rings. The molecule has 0 atom stereocenters. The molecule has 7 nitrogen and oxygen atoms in total. The molecule has 1 amide bonds. The highest BCUT2D eigenvalue weighted by atomic mass is 32.1. The number of rotatable bonds is 3. The maximum atomic E-state index is 12.3. The summed E-state index contributed by atoms with van der Waals surface area (Å²) in [6, 6.07) is 9.33. The second kappa shape index (κ2) is 5.87. The largest absolute Gasteiger partial charge is 0.298 e. The zero-order chi connectivity index (χ0) is 17.6. The van der Waals surface area contributed by atoms with E-state index < -0.39 is 4.92 Å². The van der Waals surface area contributed by atoms with Crippen molar-refractivity contribution in [1.82, 2.24) is 9.97 Å². The fraction of sp³-hybridized carbons (Fsp3) is 0.0625. The third kappa shape index (κ3) is 2.83. The van der Waals surface area contributed by atoms with Crippen molar-refractivity contribution in [2.24, 2.45) is 0 Å². The van der Waals surface area contributed by atoms with Crippen LogP contribution in [0.25, 0.3) is 20.4 Å². The normalized spacial score (nSPS) is 11.1. The molecule has 0 fully saturated rings. The van der Waals surface area contributed by atoms with Crippen molar-refractivity contribution < 1.29 is 9.72 Å². The summed E-state index contributed by atoms with van der Waals surface area (Å²) in [6.07, 6.45) is 0. The number of amides is 1. The lowest BCUT2D eigenvalue weighted by Crippen LogP contribution is -2.11. The minimum absolute atomic E-state index is 0.0576. The number of hydrogen-bond donors (Lipinski definition) is 1. The van der Waals surface area contributed by atoms with Gasteiger partial charge in [0, 0.05) is 17.7 Å². The van der Waals surface area contributed by atoms with E-state index in [0.29, 0.717) is 10.7 Å². The molecule has 0 spiro atoms. The van der Waals surface area contributed by atoms with Crippen LogP contribution in [0.4, 0.5) is 10.8 Å². The van der Waals surface area contributed by atoms with Crippen LogP contribution in [0, 0.1) is 17.0 Å². The van der Waals surface area contributed by atoms with Gasteiger partial charge in [0.2, 0.25) is 0 Å². The van der Waals surface area contributed by atoms with Crippen LogP contribution in [0.2, 0.25) is 0 Å². The van der Waals surface area contributed by atoms with Gasteiger partial charge < -0.3 is 0 Å². The van der Waals surface area contributed by atoms with Crippen molar-refractivity contribution in [3.05, 3.63) is 57.1 Å². The van der Waals surface area contributed by atoms with Crippen molar-refractivity contribution in [3.63, 3.8) is 0 Å². The topological polar surface area (TPSA) is 98.0 Å². The molecule has 124 valence electrons. The highest BCUT2D eigenvalue weighted by molar-refractivity contribution is 7.24. The zero-order valence-electron chi connectivity index (χ0n) is 12.8. The maximum absolute atomic E-state index is 12.3.